The Kier molecular flexibility index (Phi) is 5.54. The summed E-state index contributed by atoms with van der Waals surface area (Å²) >= 11 is 0. The zero-order chi connectivity index (χ0) is 16.9. The van der Waals surface area contributed by atoms with E-state index in [0.29, 0.717) is 0 Å². The molecule has 124 valence electrons. The molecular weight excluding hydrogens is 284 g/mol. The van der Waals surface area contributed by atoms with Crippen LogP contribution in [0.2, 0.25) is 0 Å². The molecule has 0 unspecified atom stereocenters. The van der Waals surface area contributed by atoms with Gasteiger partial charge in [-0.25, -0.2) is 0 Å². The van der Waals surface area contributed by atoms with Crippen LogP contribution in [0.4, 0.5) is 11.4 Å². The van der Waals surface area contributed by atoms with Crippen LogP contribution in [0.1, 0.15) is 46.1 Å². The van der Waals surface area contributed by atoms with Crippen molar-refractivity contribution in [3.05, 3.63) is 48.0 Å². The summed E-state index contributed by atoms with van der Waals surface area (Å²) in [5.41, 5.74) is 9.14. The second-order valence-electron chi connectivity index (χ2n) is 6.91. The lowest BCUT2D eigenvalue weighted by Gasteiger charge is -2.19. The molecule has 0 radical (unpaired) electrons. The first-order valence-corrected chi connectivity index (χ1v) is 8.32. The molecule has 0 aliphatic heterocycles. The third-order valence-corrected chi connectivity index (χ3v) is 3.83. The van der Waals surface area contributed by atoms with E-state index < -0.39 is 0 Å². The van der Waals surface area contributed by atoms with Gasteiger partial charge < -0.3 is 15.8 Å². The molecule has 3 N–H and O–H groups in total. The second-order valence-corrected chi connectivity index (χ2v) is 6.91. The van der Waals surface area contributed by atoms with Gasteiger partial charge in [0.1, 0.15) is 11.5 Å². The molecule has 0 heterocycles. The third-order valence-electron chi connectivity index (χ3n) is 3.83. The molecule has 0 saturated carbocycles. The first-order chi connectivity index (χ1) is 10.9. The molecule has 0 amide bonds. The summed E-state index contributed by atoms with van der Waals surface area (Å²) in [5.74, 6) is 1.63. The number of nitrogens with two attached hydrogens (primary N) is 1. The summed E-state index contributed by atoms with van der Waals surface area (Å²) < 4.78 is 5.95. The Hall–Kier alpha value is -2.16. The Morgan fingerprint density at radius 3 is 2.26 bits per heavy atom. The quantitative estimate of drug-likeness (QED) is 0.541. The van der Waals surface area contributed by atoms with Gasteiger partial charge >= 0.3 is 0 Å². The summed E-state index contributed by atoms with van der Waals surface area (Å²) in [6.07, 6.45) is 2.28. The molecule has 0 aromatic heterocycles. The Morgan fingerprint density at radius 2 is 1.65 bits per heavy atom. The van der Waals surface area contributed by atoms with Crippen molar-refractivity contribution in [3.8, 4) is 11.5 Å². The van der Waals surface area contributed by atoms with Crippen molar-refractivity contribution in [2.24, 2.45) is 0 Å². The summed E-state index contributed by atoms with van der Waals surface area (Å²) in [5, 5.41) is 3.36. The Morgan fingerprint density at radius 1 is 1.00 bits per heavy atom. The standard InChI is InChI=1S/C20H28N2O/c1-5-6-13-22-19-14-17(11-12-18(19)21)23-16-9-7-15(8-10-16)20(2,3)4/h7-12,14,22H,5-6,13,21H2,1-4H3. The van der Waals surface area contributed by atoms with Crippen LogP contribution in [0.15, 0.2) is 42.5 Å². The first kappa shape index (κ1) is 17.2. The van der Waals surface area contributed by atoms with E-state index in [4.69, 9.17) is 10.5 Å². The lowest BCUT2D eigenvalue weighted by Crippen LogP contribution is -2.10. The summed E-state index contributed by atoms with van der Waals surface area (Å²) in [7, 11) is 0. The van der Waals surface area contributed by atoms with Gasteiger partial charge in [-0.1, -0.05) is 46.2 Å². The van der Waals surface area contributed by atoms with E-state index in [2.05, 4.69) is 45.1 Å². The van der Waals surface area contributed by atoms with Crippen LogP contribution in [0.25, 0.3) is 0 Å². The predicted molar refractivity (Wildman–Crippen MR) is 99.5 cm³/mol. The van der Waals surface area contributed by atoms with Crippen LogP contribution in [0, 0.1) is 0 Å². The molecule has 0 fully saturated rings. The zero-order valence-electron chi connectivity index (χ0n) is 14.6. The normalized spacial score (nSPS) is 11.3. The van der Waals surface area contributed by atoms with Crippen LogP contribution in [0.3, 0.4) is 0 Å². The van der Waals surface area contributed by atoms with Crippen LogP contribution in [-0.4, -0.2) is 6.54 Å². The van der Waals surface area contributed by atoms with Gasteiger partial charge in [0.15, 0.2) is 0 Å². The van der Waals surface area contributed by atoms with Crippen LogP contribution >= 0.6 is 0 Å². The van der Waals surface area contributed by atoms with E-state index in [-0.39, 0.29) is 5.41 Å². The van der Waals surface area contributed by atoms with Crippen molar-refractivity contribution in [2.75, 3.05) is 17.6 Å². The molecular formula is C20H28N2O. The number of rotatable bonds is 6. The summed E-state index contributed by atoms with van der Waals surface area (Å²) in [4.78, 5) is 0. The highest BCUT2D eigenvalue weighted by molar-refractivity contribution is 5.68. The second kappa shape index (κ2) is 7.40. The Labute approximate surface area is 139 Å². The van der Waals surface area contributed by atoms with Gasteiger partial charge in [0.25, 0.3) is 0 Å². The Balaban J connectivity index is 2.09. The van der Waals surface area contributed by atoms with Gasteiger partial charge in [-0.2, -0.15) is 0 Å². The average Bonchev–Trinajstić information content (AvgIpc) is 2.50. The summed E-state index contributed by atoms with van der Waals surface area (Å²) in [6, 6.07) is 14.0. The maximum absolute atomic E-state index is 6.01. The van der Waals surface area contributed by atoms with E-state index in [1.165, 1.54) is 5.56 Å². The monoisotopic (exact) mass is 312 g/mol. The minimum atomic E-state index is 0.149. The van der Waals surface area contributed by atoms with E-state index >= 15 is 0 Å². The highest BCUT2D eigenvalue weighted by Gasteiger charge is 2.13. The molecule has 0 spiro atoms. The molecule has 23 heavy (non-hydrogen) atoms. The number of hydrogen-bond donors (Lipinski definition) is 2. The Bertz CT molecular complexity index is 627. The molecule has 0 atom stereocenters. The van der Waals surface area contributed by atoms with E-state index in [1.54, 1.807) is 0 Å². The van der Waals surface area contributed by atoms with Crippen molar-refractivity contribution in [1.29, 1.82) is 0 Å². The van der Waals surface area contributed by atoms with Crippen molar-refractivity contribution >= 4 is 11.4 Å². The smallest absolute Gasteiger partial charge is 0.129 e. The van der Waals surface area contributed by atoms with E-state index in [9.17, 15) is 0 Å². The fourth-order valence-corrected chi connectivity index (χ4v) is 2.31. The number of ether oxygens (including phenoxy) is 1. The highest BCUT2D eigenvalue weighted by atomic mass is 16.5. The van der Waals surface area contributed by atoms with Gasteiger partial charge in [-0.15, -0.1) is 0 Å². The van der Waals surface area contributed by atoms with Gasteiger partial charge in [0.05, 0.1) is 11.4 Å². The predicted octanol–water partition coefficient (Wildman–Crippen LogP) is 5.57. The van der Waals surface area contributed by atoms with Crippen LogP contribution < -0.4 is 15.8 Å². The fraction of sp³-hybridized carbons (Fsp3) is 0.400. The minimum Gasteiger partial charge on any atom is -0.457 e. The molecule has 3 nitrogen and oxygen atoms in total. The lowest BCUT2D eigenvalue weighted by atomic mass is 9.87. The SMILES string of the molecule is CCCCNc1cc(Oc2ccc(C(C)(C)C)cc2)ccc1N. The molecule has 2 rings (SSSR count). The van der Waals surface area contributed by atoms with Crippen molar-refractivity contribution in [1.82, 2.24) is 0 Å². The van der Waals surface area contributed by atoms with Crippen molar-refractivity contribution in [2.45, 2.75) is 46.0 Å². The van der Waals surface area contributed by atoms with Gasteiger partial charge in [0, 0.05) is 12.6 Å². The number of anilines is 2. The molecule has 0 aliphatic carbocycles. The molecule has 2 aromatic carbocycles. The topological polar surface area (TPSA) is 47.3 Å². The fourth-order valence-electron chi connectivity index (χ4n) is 2.31. The largest absolute Gasteiger partial charge is 0.457 e. The maximum Gasteiger partial charge on any atom is 0.129 e. The highest BCUT2D eigenvalue weighted by Crippen LogP contribution is 2.30. The van der Waals surface area contributed by atoms with Crippen molar-refractivity contribution < 1.29 is 4.74 Å². The van der Waals surface area contributed by atoms with Gasteiger partial charge in [-0.3, -0.25) is 0 Å². The molecule has 2 aromatic rings. The van der Waals surface area contributed by atoms with Crippen molar-refractivity contribution in [3.63, 3.8) is 0 Å². The lowest BCUT2D eigenvalue weighted by molar-refractivity contribution is 0.481. The number of hydrogen-bond acceptors (Lipinski definition) is 3. The number of unbranched alkanes of at least 4 members (excludes halogenated alkanes) is 1. The first-order valence-electron chi connectivity index (χ1n) is 8.32. The maximum atomic E-state index is 6.01. The van der Waals surface area contributed by atoms with Gasteiger partial charge in [-0.05, 0) is 41.7 Å². The summed E-state index contributed by atoms with van der Waals surface area (Å²) in [6.45, 7) is 9.71. The van der Waals surface area contributed by atoms with Gasteiger partial charge in [0.2, 0.25) is 0 Å². The van der Waals surface area contributed by atoms with Crippen LogP contribution in [-0.2, 0) is 5.41 Å². The van der Waals surface area contributed by atoms with E-state index in [1.807, 2.05) is 30.3 Å². The zero-order valence-corrected chi connectivity index (χ0v) is 14.6. The number of nitrogens with one attached hydrogen (secondary N) is 1. The number of benzene rings is 2. The molecule has 0 bridgehead atoms. The van der Waals surface area contributed by atoms with E-state index in [0.717, 1.165) is 42.3 Å². The minimum absolute atomic E-state index is 0.149. The molecule has 0 aliphatic rings. The average molecular weight is 312 g/mol. The third kappa shape index (κ3) is 4.92. The molecule has 3 heteroatoms. The molecule has 0 saturated heterocycles. The number of nitrogen functional groups attached to an aromatic ring is 1. The van der Waals surface area contributed by atoms with Crippen LogP contribution in [0.5, 0.6) is 11.5 Å².